The third-order valence-electron chi connectivity index (χ3n) is 1.46. The van der Waals surface area contributed by atoms with Gasteiger partial charge in [-0.25, -0.2) is 0 Å². The molecule has 0 atom stereocenters. The van der Waals surface area contributed by atoms with Crippen molar-refractivity contribution in [2.45, 2.75) is 6.18 Å². The summed E-state index contributed by atoms with van der Waals surface area (Å²) in [4.78, 5) is 2.87. The van der Waals surface area contributed by atoms with Gasteiger partial charge >= 0.3 is 31.8 Å². The van der Waals surface area contributed by atoms with Gasteiger partial charge in [-0.1, -0.05) is 12.1 Å². The Balaban J connectivity index is 0.00000196. The van der Waals surface area contributed by atoms with E-state index in [4.69, 9.17) is 15.1 Å². The summed E-state index contributed by atoms with van der Waals surface area (Å²) in [5.74, 6) is 0. The third-order valence-corrected chi connectivity index (χ3v) is 1.46. The van der Waals surface area contributed by atoms with Crippen LogP contribution in [0.25, 0.3) is 0 Å². The van der Waals surface area contributed by atoms with E-state index in [1.54, 1.807) is 0 Å². The molecule has 3 N–H and O–H groups in total. The van der Waals surface area contributed by atoms with Crippen LogP contribution in [-0.4, -0.2) is 26.8 Å². The van der Waals surface area contributed by atoms with Crippen LogP contribution in [0.1, 0.15) is 5.69 Å². The molecule has 9 heteroatoms. The number of alkyl halides is 3. The van der Waals surface area contributed by atoms with E-state index in [-0.39, 0.29) is 18.9 Å². The van der Waals surface area contributed by atoms with E-state index in [2.05, 4.69) is 4.98 Å². The van der Waals surface area contributed by atoms with Gasteiger partial charge in [0.1, 0.15) is 5.69 Å². The summed E-state index contributed by atoms with van der Waals surface area (Å²) in [7, 11) is 0. The van der Waals surface area contributed by atoms with Crippen molar-refractivity contribution in [3.8, 4) is 0 Å². The van der Waals surface area contributed by atoms with Gasteiger partial charge in [-0.3, -0.25) is 4.98 Å². The fourth-order valence-electron chi connectivity index (χ4n) is 0.825. The fourth-order valence-corrected chi connectivity index (χ4v) is 0.825. The molecule has 1 aromatic rings. The van der Waals surface area contributed by atoms with Crippen LogP contribution >= 0.6 is 0 Å². The standard InChI is InChI=1S/C6H6BF3NO3.Li/c8-6(9,10)4-2-1-3-5(11-4)7(12,13)14;/h1-3,12-14H;/q-1;+1. The Labute approximate surface area is 95.0 Å². The van der Waals surface area contributed by atoms with Gasteiger partial charge in [0.25, 0.3) is 0 Å². The van der Waals surface area contributed by atoms with Gasteiger partial charge in [0.05, 0.1) is 0 Å². The minimum absolute atomic E-state index is 0. The molecule has 0 saturated heterocycles. The molecule has 0 unspecified atom stereocenters. The van der Waals surface area contributed by atoms with Crippen LogP contribution in [0.3, 0.4) is 0 Å². The van der Waals surface area contributed by atoms with Crippen LogP contribution in [0.5, 0.6) is 0 Å². The first-order valence-electron chi connectivity index (χ1n) is 3.57. The zero-order valence-corrected chi connectivity index (χ0v) is 7.73. The zero-order valence-electron chi connectivity index (χ0n) is 7.73. The average molecular weight is 215 g/mol. The SMILES string of the molecule is O[B-](O)(O)c1cccc(C(F)(F)F)n1.[Li+]. The third kappa shape index (κ3) is 3.85. The van der Waals surface area contributed by atoms with Crippen molar-refractivity contribution in [1.29, 1.82) is 0 Å². The molecule has 1 rings (SSSR count). The molecule has 78 valence electrons. The summed E-state index contributed by atoms with van der Waals surface area (Å²) >= 11 is 0. The molecule has 0 aromatic carbocycles. The topological polar surface area (TPSA) is 73.6 Å². The van der Waals surface area contributed by atoms with Crippen LogP contribution < -0.4 is 24.5 Å². The van der Waals surface area contributed by atoms with Gasteiger partial charge in [-0.15, -0.1) is 0 Å². The van der Waals surface area contributed by atoms with Crippen LogP contribution in [0.2, 0.25) is 0 Å². The Morgan fingerprint density at radius 2 is 1.67 bits per heavy atom. The number of pyridine rings is 1. The summed E-state index contributed by atoms with van der Waals surface area (Å²) in [6.07, 6.45) is -4.68. The second-order valence-electron chi connectivity index (χ2n) is 2.68. The quantitative estimate of drug-likeness (QED) is 0.420. The maximum atomic E-state index is 12.1. The molecule has 0 aliphatic heterocycles. The minimum atomic E-state index is -4.68. The molecule has 0 spiro atoms. The van der Waals surface area contributed by atoms with E-state index < -0.39 is 24.2 Å². The first-order chi connectivity index (χ1) is 6.21. The van der Waals surface area contributed by atoms with Crippen LogP contribution in [-0.2, 0) is 6.18 Å². The van der Waals surface area contributed by atoms with Crippen molar-refractivity contribution >= 4 is 12.3 Å². The maximum Gasteiger partial charge on any atom is 1.00 e. The maximum absolute atomic E-state index is 12.1. The molecule has 0 bridgehead atoms. The summed E-state index contributed by atoms with van der Waals surface area (Å²) in [6, 6.07) is 2.46. The van der Waals surface area contributed by atoms with Gasteiger partial charge < -0.3 is 15.1 Å². The molecule has 1 aromatic heterocycles. The van der Waals surface area contributed by atoms with E-state index in [0.717, 1.165) is 12.1 Å². The van der Waals surface area contributed by atoms with Crippen molar-refractivity contribution < 1.29 is 47.1 Å². The van der Waals surface area contributed by atoms with Crippen molar-refractivity contribution in [2.24, 2.45) is 0 Å². The second kappa shape index (κ2) is 4.55. The number of hydrogen-bond donors (Lipinski definition) is 3. The Morgan fingerprint density at radius 3 is 2.07 bits per heavy atom. The summed E-state index contributed by atoms with van der Waals surface area (Å²) in [5, 5.41) is 25.9. The fraction of sp³-hybridized carbons (Fsp3) is 0.167. The normalized spacial score (nSPS) is 12.1. The first-order valence-corrected chi connectivity index (χ1v) is 3.57. The Hall–Kier alpha value is -0.518. The monoisotopic (exact) mass is 215 g/mol. The molecule has 0 aliphatic carbocycles. The second-order valence-corrected chi connectivity index (χ2v) is 2.68. The summed E-state index contributed by atoms with van der Waals surface area (Å²) < 4.78 is 36.2. The molecular formula is C6H6BF3LiNO3. The van der Waals surface area contributed by atoms with Crippen LogP contribution in [0.4, 0.5) is 13.2 Å². The Bertz CT molecular complexity index is 312. The smallest absolute Gasteiger partial charge is 0.555 e. The van der Waals surface area contributed by atoms with Crippen LogP contribution in [0, 0.1) is 0 Å². The predicted octanol–water partition coefficient (Wildman–Crippen LogP) is -3.77. The molecule has 0 fully saturated rings. The van der Waals surface area contributed by atoms with Gasteiger partial charge in [0.2, 0.25) is 0 Å². The number of nitrogens with zero attached hydrogens (tertiary/aromatic N) is 1. The Kier molecular flexibility index (Phi) is 4.39. The van der Waals surface area contributed by atoms with E-state index in [1.165, 1.54) is 0 Å². The molecule has 0 radical (unpaired) electrons. The number of hydrogen-bond acceptors (Lipinski definition) is 4. The summed E-state index contributed by atoms with van der Waals surface area (Å²) in [5.41, 5.74) is -2.11. The molecule has 0 amide bonds. The molecule has 0 saturated carbocycles. The van der Waals surface area contributed by atoms with Gasteiger partial charge in [0, 0.05) is 0 Å². The van der Waals surface area contributed by atoms with Crippen molar-refractivity contribution in [2.75, 3.05) is 0 Å². The van der Waals surface area contributed by atoms with Crippen molar-refractivity contribution in [3.05, 3.63) is 23.9 Å². The zero-order chi connectivity index (χ0) is 11.0. The van der Waals surface area contributed by atoms with E-state index in [0.29, 0.717) is 6.07 Å². The Morgan fingerprint density at radius 1 is 1.13 bits per heavy atom. The van der Waals surface area contributed by atoms with Gasteiger partial charge in [-0.2, -0.15) is 13.2 Å². The minimum Gasteiger partial charge on any atom is -0.555 e. The van der Waals surface area contributed by atoms with E-state index in [1.807, 2.05) is 0 Å². The molecule has 0 aliphatic rings. The number of aromatic nitrogens is 1. The average Bonchev–Trinajstić information content (AvgIpc) is 2.01. The molecule has 4 nitrogen and oxygen atoms in total. The predicted molar refractivity (Wildman–Crippen MR) is 41.3 cm³/mol. The largest absolute Gasteiger partial charge is 1.00 e. The van der Waals surface area contributed by atoms with E-state index in [9.17, 15) is 13.2 Å². The number of halogens is 3. The van der Waals surface area contributed by atoms with Gasteiger partial charge in [-0.05, 0) is 11.7 Å². The molecular weight excluding hydrogens is 209 g/mol. The van der Waals surface area contributed by atoms with Gasteiger partial charge in [0.15, 0.2) is 0 Å². The number of rotatable bonds is 1. The first kappa shape index (κ1) is 14.5. The summed E-state index contributed by atoms with van der Waals surface area (Å²) in [6.45, 7) is -3.99. The molecule has 1 heterocycles. The molecule has 15 heavy (non-hydrogen) atoms. The van der Waals surface area contributed by atoms with E-state index >= 15 is 0 Å². The van der Waals surface area contributed by atoms with Crippen molar-refractivity contribution in [3.63, 3.8) is 0 Å². The van der Waals surface area contributed by atoms with Crippen molar-refractivity contribution in [1.82, 2.24) is 4.98 Å². The van der Waals surface area contributed by atoms with Crippen LogP contribution in [0.15, 0.2) is 18.2 Å².